The Morgan fingerprint density at radius 3 is 2.23 bits per heavy atom. The van der Waals surface area contributed by atoms with Crippen LogP contribution in [0.3, 0.4) is 0 Å². The molecule has 1 rings (SSSR count). The molecule has 2 nitrogen and oxygen atoms in total. The summed E-state index contributed by atoms with van der Waals surface area (Å²) in [5.74, 6) is 0. The average molecular weight is 196 g/mol. The molecule has 1 aromatic carbocycles. The maximum atomic E-state index is 9.16. The molecule has 0 saturated carbocycles. The molecule has 0 bridgehead atoms. The Labute approximate surface area is 80.3 Å². The maximum absolute atomic E-state index is 9.16. The van der Waals surface area contributed by atoms with Crippen molar-refractivity contribution in [2.45, 2.75) is 26.3 Å². The molecular formula is C10H16O2Si. The van der Waals surface area contributed by atoms with Gasteiger partial charge in [0.05, 0.1) is 0 Å². The van der Waals surface area contributed by atoms with E-state index in [1.165, 1.54) is 5.19 Å². The first-order valence-electron chi connectivity index (χ1n) is 4.44. The molecule has 0 amide bonds. The van der Waals surface area contributed by atoms with Crippen LogP contribution in [-0.4, -0.2) is 19.7 Å². The highest BCUT2D eigenvalue weighted by atomic mass is 28.4. The van der Waals surface area contributed by atoms with E-state index >= 15 is 0 Å². The molecule has 0 fully saturated rings. The molecule has 0 aliphatic heterocycles. The molecule has 0 heterocycles. The van der Waals surface area contributed by atoms with Crippen molar-refractivity contribution in [3.63, 3.8) is 0 Å². The minimum Gasteiger partial charge on any atom is -0.389 e. The van der Waals surface area contributed by atoms with Crippen LogP contribution in [0.5, 0.6) is 0 Å². The Kier molecular flexibility index (Phi) is 3.25. The van der Waals surface area contributed by atoms with Crippen LogP contribution in [0.2, 0.25) is 13.1 Å². The minimum absolute atomic E-state index is 0.679. The first-order chi connectivity index (χ1) is 6.02. The van der Waals surface area contributed by atoms with E-state index < -0.39 is 14.6 Å². The fourth-order valence-electron chi connectivity index (χ4n) is 1.33. The Hall–Kier alpha value is -0.643. The van der Waals surface area contributed by atoms with Crippen molar-refractivity contribution in [3.05, 3.63) is 30.3 Å². The van der Waals surface area contributed by atoms with Gasteiger partial charge in [-0.2, -0.15) is 0 Å². The summed E-state index contributed by atoms with van der Waals surface area (Å²) in [6, 6.07) is 10.1. The molecule has 3 heteroatoms. The smallest absolute Gasteiger partial charge is 0.221 e. The number of aliphatic hydroxyl groups is 1. The number of hydrogen-bond donors (Lipinski definition) is 1. The van der Waals surface area contributed by atoms with Crippen LogP contribution in [0.4, 0.5) is 0 Å². The summed E-state index contributed by atoms with van der Waals surface area (Å²) in [5.41, 5.74) is 0. The summed E-state index contributed by atoms with van der Waals surface area (Å²) in [6.45, 7) is 5.81. The topological polar surface area (TPSA) is 29.5 Å². The minimum atomic E-state index is -1.89. The van der Waals surface area contributed by atoms with E-state index in [9.17, 15) is 0 Å². The molecule has 1 atom stereocenters. The van der Waals surface area contributed by atoms with Crippen molar-refractivity contribution in [2.75, 3.05) is 0 Å². The van der Waals surface area contributed by atoms with Crippen molar-refractivity contribution >= 4 is 13.5 Å². The normalized spacial score (nSPS) is 14.2. The van der Waals surface area contributed by atoms with Gasteiger partial charge in [-0.1, -0.05) is 30.3 Å². The van der Waals surface area contributed by atoms with Crippen molar-refractivity contribution in [2.24, 2.45) is 0 Å². The standard InChI is InChI=1S/C10H16O2Si/c1-9(11)12-13(2,3)10-7-5-4-6-8-10/h4-9,11H,1-3H3. The Balaban J connectivity index is 2.81. The van der Waals surface area contributed by atoms with Gasteiger partial charge in [-0.3, -0.25) is 0 Å². The predicted molar refractivity (Wildman–Crippen MR) is 56.3 cm³/mol. The Bertz CT molecular complexity index is 257. The number of benzene rings is 1. The van der Waals surface area contributed by atoms with Gasteiger partial charge in [0.1, 0.15) is 6.29 Å². The van der Waals surface area contributed by atoms with Crippen LogP contribution >= 0.6 is 0 Å². The van der Waals surface area contributed by atoms with Gasteiger partial charge < -0.3 is 9.53 Å². The number of hydrogen-bond acceptors (Lipinski definition) is 2. The first-order valence-corrected chi connectivity index (χ1v) is 7.34. The summed E-state index contributed by atoms with van der Waals surface area (Å²) in [6.07, 6.45) is -0.679. The summed E-state index contributed by atoms with van der Waals surface area (Å²) < 4.78 is 5.52. The summed E-state index contributed by atoms with van der Waals surface area (Å²) >= 11 is 0. The molecular weight excluding hydrogens is 180 g/mol. The van der Waals surface area contributed by atoms with Crippen molar-refractivity contribution < 1.29 is 9.53 Å². The summed E-state index contributed by atoms with van der Waals surface area (Å²) in [7, 11) is -1.89. The van der Waals surface area contributed by atoms with E-state index in [4.69, 9.17) is 9.53 Å². The molecule has 0 aliphatic carbocycles. The second-order valence-corrected chi connectivity index (χ2v) is 7.43. The van der Waals surface area contributed by atoms with E-state index in [-0.39, 0.29) is 0 Å². The van der Waals surface area contributed by atoms with Crippen LogP contribution in [-0.2, 0) is 4.43 Å². The predicted octanol–water partition coefficient (Wildman–Crippen LogP) is 1.45. The monoisotopic (exact) mass is 196 g/mol. The molecule has 1 unspecified atom stereocenters. The van der Waals surface area contributed by atoms with E-state index in [1.54, 1.807) is 6.92 Å². The SMILES string of the molecule is CC(O)O[Si](C)(C)c1ccccc1. The van der Waals surface area contributed by atoms with E-state index in [0.717, 1.165) is 0 Å². The largest absolute Gasteiger partial charge is 0.389 e. The quantitative estimate of drug-likeness (QED) is 0.586. The third-order valence-electron chi connectivity index (χ3n) is 1.93. The van der Waals surface area contributed by atoms with Crippen LogP contribution in [0, 0.1) is 0 Å². The van der Waals surface area contributed by atoms with E-state index in [1.807, 2.05) is 18.2 Å². The zero-order valence-electron chi connectivity index (χ0n) is 8.32. The van der Waals surface area contributed by atoms with Crippen LogP contribution in [0.25, 0.3) is 0 Å². The lowest BCUT2D eigenvalue weighted by molar-refractivity contribution is -0.00543. The number of aliphatic hydroxyl groups excluding tert-OH is 1. The lowest BCUT2D eigenvalue weighted by Crippen LogP contribution is -2.46. The van der Waals surface area contributed by atoms with Gasteiger partial charge in [-0.25, -0.2) is 0 Å². The molecule has 13 heavy (non-hydrogen) atoms. The third kappa shape index (κ3) is 2.95. The first kappa shape index (κ1) is 10.4. The molecule has 0 radical (unpaired) electrons. The molecule has 1 aromatic rings. The van der Waals surface area contributed by atoms with Gasteiger partial charge in [0.25, 0.3) is 0 Å². The van der Waals surface area contributed by atoms with Crippen LogP contribution in [0.15, 0.2) is 30.3 Å². The molecule has 1 N–H and O–H groups in total. The summed E-state index contributed by atoms with van der Waals surface area (Å²) in [4.78, 5) is 0. The van der Waals surface area contributed by atoms with Crippen LogP contribution in [0.1, 0.15) is 6.92 Å². The van der Waals surface area contributed by atoms with Crippen molar-refractivity contribution in [3.8, 4) is 0 Å². The van der Waals surface area contributed by atoms with Crippen molar-refractivity contribution in [1.29, 1.82) is 0 Å². The molecule has 0 saturated heterocycles. The second-order valence-electron chi connectivity index (χ2n) is 3.59. The molecule has 0 aliphatic rings. The lowest BCUT2D eigenvalue weighted by Gasteiger charge is -2.24. The van der Waals surface area contributed by atoms with Gasteiger partial charge in [0.15, 0.2) is 0 Å². The van der Waals surface area contributed by atoms with Gasteiger partial charge >= 0.3 is 0 Å². The highest BCUT2D eigenvalue weighted by Gasteiger charge is 2.26. The molecule has 0 spiro atoms. The zero-order chi connectivity index (χ0) is 9.90. The van der Waals surface area contributed by atoms with E-state index in [2.05, 4.69) is 25.2 Å². The fourth-order valence-corrected chi connectivity index (χ4v) is 3.32. The average Bonchev–Trinajstić information content (AvgIpc) is 2.04. The van der Waals surface area contributed by atoms with Crippen LogP contribution < -0.4 is 5.19 Å². The Morgan fingerprint density at radius 1 is 1.23 bits per heavy atom. The summed E-state index contributed by atoms with van der Waals surface area (Å²) in [5, 5.41) is 10.4. The highest BCUT2D eigenvalue weighted by Crippen LogP contribution is 2.07. The molecule has 72 valence electrons. The van der Waals surface area contributed by atoms with E-state index in [0.29, 0.717) is 0 Å². The molecule has 0 aromatic heterocycles. The second kappa shape index (κ2) is 4.04. The van der Waals surface area contributed by atoms with Gasteiger partial charge in [-0.15, -0.1) is 0 Å². The van der Waals surface area contributed by atoms with Gasteiger partial charge in [-0.05, 0) is 25.2 Å². The zero-order valence-corrected chi connectivity index (χ0v) is 9.32. The third-order valence-corrected chi connectivity index (χ3v) is 4.59. The maximum Gasteiger partial charge on any atom is 0.221 e. The van der Waals surface area contributed by atoms with Crippen molar-refractivity contribution in [1.82, 2.24) is 0 Å². The van der Waals surface area contributed by atoms with Gasteiger partial charge in [0, 0.05) is 0 Å². The van der Waals surface area contributed by atoms with Gasteiger partial charge in [0.2, 0.25) is 8.32 Å². The number of rotatable bonds is 3. The lowest BCUT2D eigenvalue weighted by atomic mass is 10.4. The highest BCUT2D eigenvalue weighted by molar-refractivity contribution is 6.84. The Morgan fingerprint density at radius 2 is 1.77 bits per heavy atom. The fraction of sp³-hybridized carbons (Fsp3) is 0.400.